The van der Waals surface area contributed by atoms with Crippen molar-refractivity contribution in [1.29, 1.82) is 0 Å². The van der Waals surface area contributed by atoms with Gasteiger partial charge in [-0.3, -0.25) is 18.9 Å². The number of halogens is 2. The summed E-state index contributed by atoms with van der Waals surface area (Å²) in [5, 5.41) is 5.58. The Hall–Kier alpha value is -3.27. The second-order valence-electron chi connectivity index (χ2n) is 10.3. The molecule has 0 saturated heterocycles. The first-order valence-electron chi connectivity index (χ1n) is 13.9. The Labute approximate surface area is 244 Å². The minimum absolute atomic E-state index is 0.00845. The predicted molar refractivity (Wildman–Crippen MR) is 154 cm³/mol. The lowest BCUT2D eigenvalue weighted by Crippen LogP contribution is -2.44. The van der Waals surface area contributed by atoms with Gasteiger partial charge in [-0.2, -0.15) is 8.78 Å². The molecular weight excluding hydrogens is 569 g/mol. The fourth-order valence-corrected chi connectivity index (χ4v) is 4.90. The summed E-state index contributed by atoms with van der Waals surface area (Å²) in [6.07, 6.45) is 2.35. The van der Waals surface area contributed by atoms with Crippen LogP contribution in [0.2, 0.25) is 0 Å². The molecule has 0 fully saturated rings. The first kappa shape index (κ1) is 34.9. The highest BCUT2D eigenvalue weighted by Crippen LogP contribution is 2.59. The third-order valence-electron chi connectivity index (χ3n) is 6.94. The van der Waals surface area contributed by atoms with Gasteiger partial charge in [-0.25, -0.2) is 0 Å². The Morgan fingerprint density at radius 1 is 0.929 bits per heavy atom. The number of hydrogen-bond acceptors (Lipinski definition) is 5. The van der Waals surface area contributed by atoms with E-state index in [0.29, 0.717) is 36.9 Å². The molecule has 0 aromatic heterocycles. The number of carbonyl (C=O) groups is 4. The molecule has 42 heavy (non-hydrogen) atoms. The van der Waals surface area contributed by atoms with Crippen LogP contribution in [0.3, 0.4) is 0 Å². The van der Waals surface area contributed by atoms with Gasteiger partial charge in [-0.15, -0.1) is 0 Å². The van der Waals surface area contributed by atoms with Crippen molar-refractivity contribution < 1.29 is 42.3 Å². The number of alkyl halides is 2. The molecule has 2 unspecified atom stereocenters. The molecule has 0 bridgehead atoms. The van der Waals surface area contributed by atoms with Gasteiger partial charge in [0.25, 0.3) is 5.91 Å². The van der Waals surface area contributed by atoms with Gasteiger partial charge in [0.2, 0.25) is 5.91 Å². The molecule has 2 aromatic rings. The molecule has 12 heteroatoms. The quantitative estimate of drug-likeness (QED) is 0.151. The van der Waals surface area contributed by atoms with Crippen LogP contribution in [0.15, 0.2) is 48.5 Å². The first-order chi connectivity index (χ1) is 19.7. The number of unbranched alkanes of at least 4 members (excludes halogenated alkanes) is 1. The number of amides is 2. The van der Waals surface area contributed by atoms with E-state index in [9.17, 15) is 32.5 Å². The standard InChI is InChI=1S/C30H39F2N2O7P/c1-4-21-9-13-23(14-10-21)28(37)33-17-7-6-8-26(27(36)5-2)34-29(38)24(18-20(3)35)19-22-11-15-25(16-12-22)30(31,32)42(39,40)41/h9-16,24,26H,4-8,17-19H2,1-3H3,(H,33,37)(H,34,38)(H2,39,40,41). The van der Waals surface area contributed by atoms with Gasteiger partial charge in [-0.1, -0.05) is 50.2 Å². The largest absolute Gasteiger partial charge is 0.399 e. The zero-order valence-corrected chi connectivity index (χ0v) is 25.0. The fourth-order valence-electron chi connectivity index (χ4n) is 4.42. The lowest BCUT2D eigenvalue weighted by molar-refractivity contribution is -0.132. The van der Waals surface area contributed by atoms with Crippen molar-refractivity contribution in [3.05, 3.63) is 70.8 Å². The second-order valence-corrected chi connectivity index (χ2v) is 11.9. The zero-order chi connectivity index (χ0) is 31.5. The molecule has 230 valence electrons. The van der Waals surface area contributed by atoms with Gasteiger partial charge in [0.05, 0.1) is 6.04 Å². The zero-order valence-electron chi connectivity index (χ0n) is 24.1. The maximum atomic E-state index is 14.0. The summed E-state index contributed by atoms with van der Waals surface area (Å²) in [7, 11) is -5.73. The number of ketones is 2. The van der Waals surface area contributed by atoms with E-state index < -0.39 is 36.7 Å². The normalized spacial score (nSPS) is 13.2. The van der Waals surface area contributed by atoms with E-state index in [1.54, 1.807) is 19.1 Å². The molecule has 9 nitrogen and oxygen atoms in total. The topological polar surface area (TPSA) is 150 Å². The van der Waals surface area contributed by atoms with Gasteiger partial charge in [-0.05, 0) is 62.3 Å². The summed E-state index contributed by atoms with van der Waals surface area (Å²) in [5.41, 5.74) is -3.14. The van der Waals surface area contributed by atoms with Crippen LogP contribution in [-0.4, -0.2) is 45.8 Å². The van der Waals surface area contributed by atoms with Crippen molar-refractivity contribution in [1.82, 2.24) is 10.6 Å². The Balaban J connectivity index is 1.98. The highest BCUT2D eigenvalue weighted by Gasteiger charge is 2.50. The molecule has 0 spiro atoms. The fraction of sp³-hybridized carbons (Fsp3) is 0.467. The Morgan fingerprint density at radius 2 is 1.52 bits per heavy atom. The number of aryl methyl sites for hydroxylation is 1. The Kier molecular flexibility index (Phi) is 13.2. The SMILES string of the molecule is CCC(=O)C(CCCCNC(=O)c1ccc(CC)cc1)NC(=O)C(CC(C)=O)Cc1ccc(C(F)(F)P(=O)(O)O)cc1. The lowest BCUT2D eigenvalue weighted by Gasteiger charge is -2.22. The monoisotopic (exact) mass is 608 g/mol. The van der Waals surface area contributed by atoms with Gasteiger partial charge in [0.1, 0.15) is 5.78 Å². The van der Waals surface area contributed by atoms with Crippen LogP contribution in [-0.2, 0) is 37.5 Å². The number of nitrogens with one attached hydrogen (secondary N) is 2. The summed E-state index contributed by atoms with van der Waals surface area (Å²) in [5.74, 6) is -2.09. The summed E-state index contributed by atoms with van der Waals surface area (Å²) < 4.78 is 39.1. The Bertz CT molecular complexity index is 1280. The first-order valence-corrected chi connectivity index (χ1v) is 15.5. The van der Waals surface area contributed by atoms with Gasteiger partial charge in [0, 0.05) is 36.4 Å². The van der Waals surface area contributed by atoms with Crippen LogP contribution in [0, 0.1) is 5.92 Å². The molecule has 0 aliphatic carbocycles. The summed E-state index contributed by atoms with van der Waals surface area (Å²) in [6.45, 7) is 5.40. The Morgan fingerprint density at radius 3 is 2.05 bits per heavy atom. The highest BCUT2D eigenvalue weighted by atomic mass is 31.2. The molecule has 0 aliphatic rings. The number of carbonyl (C=O) groups excluding carboxylic acids is 4. The summed E-state index contributed by atoms with van der Waals surface area (Å²) >= 11 is 0. The van der Waals surface area contributed by atoms with Crippen LogP contribution < -0.4 is 10.6 Å². The van der Waals surface area contributed by atoms with Crippen molar-refractivity contribution in [2.24, 2.45) is 5.92 Å². The van der Waals surface area contributed by atoms with Crippen molar-refractivity contribution in [2.45, 2.75) is 77.4 Å². The van der Waals surface area contributed by atoms with E-state index in [0.717, 1.165) is 24.1 Å². The molecule has 0 heterocycles. The summed E-state index contributed by atoms with van der Waals surface area (Å²) in [6, 6.07) is 10.7. The molecule has 2 rings (SSSR count). The molecule has 0 aliphatic heterocycles. The number of rotatable bonds is 17. The lowest BCUT2D eigenvalue weighted by atomic mass is 9.92. The smallest absolute Gasteiger partial charge is 0.352 e. The van der Waals surface area contributed by atoms with E-state index in [1.165, 1.54) is 19.1 Å². The van der Waals surface area contributed by atoms with Gasteiger partial charge >= 0.3 is 13.3 Å². The predicted octanol–water partition coefficient (Wildman–Crippen LogP) is 4.68. The van der Waals surface area contributed by atoms with E-state index in [1.807, 2.05) is 19.1 Å². The minimum Gasteiger partial charge on any atom is -0.352 e. The minimum atomic E-state index is -5.73. The molecule has 0 saturated carbocycles. The van der Waals surface area contributed by atoms with Crippen LogP contribution in [0.25, 0.3) is 0 Å². The average molecular weight is 609 g/mol. The van der Waals surface area contributed by atoms with Crippen molar-refractivity contribution in [2.75, 3.05) is 6.54 Å². The maximum absolute atomic E-state index is 14.0. The molecule has 2 atom stereocenters. The van der Waals surface area contributed by atoms with Crippen LogP contribution in [0.1, 0.15) is 79.9 Å². The molecular formula is C30H39F2N2O7P. The molecule has 2 aromatic carbocycles. The number of Topliss-reactive ketones (excluding diaryl/α,β-unsaturated/α-hetero) is 2. The molecule has 0 radical (unpaired) electrons. The molecule has 4 N–H and O–H groups in total. The van der Waals surface area contributed by atoms with Gasteiger partial charge < -0.3 is 25.2 Å². The van der Waals surface area contributed by atoms with Crippen LogP contribution >= 0.6 is 7.60 Å². The van der Waals surface area contributed by atoms with E-state index >= 15 is 0 Å². The number of benzene rings is 2. The third kappa shape index (κ3) is 10.2. The van der Waals surface area contributed by atoms with E-state index in [2.05, 4.69) is 10.6 Å². The maximum Gasteiger partial charge on any atom is 0.399 e. The van der Waals surface area contributed by atoms with Crippen molar-refractivity contribution in [3.63, 3.8) is 0 Å². The van der Waals surface area contributed by atoms with E-state index in [-0.39, 0.29) is 36.7 Å². The number of hydrogen-bond donors (Lipinski definition) is 4. The second kappa shape index (κ2) is 15.8. The highest BCUT2D eigenvalue weighted by molar-refractivity contribution is 7.52. The van der Waals surface area contributed by atoms with E-state index in [4.69, 9.17) is 9.79 Å². The van der Waals surface area contributed by atoms with Crippen molar-refractivity contribution in [3.8, 4) is 0 Å². The average Bonchev–Trinajstić information content (AvgIpc) is 2.94. The van der Waals surface area contributed by atoms with Crippen LogP contribution in [0.4, 0.5) is 8.78 Å². The van der Waals surface area contributed by atoms with Crippen molar-refractivity contribution >= 4 is 31.0 Å². The third-order valence-corrected chi connectivity index (χ3v) is 7.93. The van der Waals surface area contributed by atoms with Gasteiger partial charge in [0.15, 0.2) is 5.78 Å². The van der Waals surface area contributed by atoms with Crippen LogP contribution in [0.5, 0.6) is 0 Å². The molecule has 2 amide bonds. The summed E-state index contributed by atoms with van der Waals surface area (Å²) in [4.78, 5) is 67.9.